The zero-order chi connectivity index (χ0) is 10.1. The lowest BCUT2D eigenvalue weighted by Crippen LogP contribution is -2.42. The van der Waals surface area contributed by atoms with Crippen molar-refractivity contribution in [3.8, 4) is 6.01 Å². The quantitative estimate of drug-likeness (QED) is 0.786. The Hall–Kier alpha value is -1.16. The number of nitrogens with zero attached hydrogens (tertiary/aromatic N) is 2. The summed E-state index contributed by atoms with van der Waals surface area (Å²) in [6.07, 6.45) is 8.51. The number of aromatic nitrogens is 2. The summed E-state index contributed by atoms with van der Waals surface area (Å²) < 4.78 is 5.77. The summed E-state index contributed by atoms with van der Waals surface area (Å²) in [5.74, 6) is 0. The Morgan fingerprint density at radius 1 is 1.13 bits per heavy atom. The Morgan fingerprint density at radius 2 is 1.80 bits per heavy atom. The second kappa shape index (κ2) is 3.77. The van der Waals surface area contributed by atoms with Crippen LogP contribution in [0.3, 0.4) is 0 Å². The van der Waals surface area contributed by atoms with E-state index in [1.807, 2.05) is 0 Å². The van der Waals surface area contributed by atoms with Crippen LogP contribution in [0.5, 0.6) is 6.01 Å². The van der Waals surface area contributed by atoms with Crippen molar-refractivity contribution in [3.63, 3.8) is 0 Å². The molecule has 0 spiro atoms. The Bertz CT molecular complexity index is 318. The second-order valence-corrected chi connectivity index (χ2v) is 4.38. The molecule has 0 aromatic carbocycles. The Labute approximate surface area is 89.1 Å². The van der Waals surface area contributed by atoms with Crippen LogP contribution in [0, 0.1) is 0 Å². The van der Waals surface area contributed by atoms with Gasteiger partial charge in [0.15, 0.2) is 0 Å². The van der Waals surface area contributed by atoms with Crippen molar-refractivity contribution in [1.29, 1.82) is 0 Å². The van der Waals surface area contributed by atoms with E-state index >= 15 is 0 Å². The van der Waals surface area contributed by atoms with E-state index < -0.39 is 0 Å². The predicted octanol–water partition coefficient (Wildman–Crippen LogP) is 1.14. The van der Waals surface area contributed by atoms with Crippen LogP contribution >= 0.6 is 0 Å². The molecule has 1 unspecified atom stereocenters. The van der Waals surface area contributed by atoms with Crippen LogP contribution in [-0.2, 0) is 0 Å². The number of nitrogens with one attached hydrogen (secondary N) is 1. The molecule has 4 heteroatoms. The third-order valence-corrected chi connectivity index (χ3v) is 3.24. The lowest BCUT2D eigenvalue weighted by molar-refractivity contribution is 0.126. The average molecular weight is 205 g/mol. The second-order valence-electron chi connectivity index (χ2n) is 4.38. The first-order valence-electron chi connectivity index (χ1n) is 5.60. The van der Waals surface area contributed by atoms with E-state index in [9.17, 15) is 0 Å². The predicted molar refractivity (Wildman–Crippen MR) is 55.6 cm³/mol. The first-order chi connectivity index (χ1) is 7.40. The molecule has 80 valence electrons. The monoisotopic (exact) mass is 205 g/mol. The van der Waals surface area contributed by atoms with E-state index in [-0.39, 0.29) is 0 Å². The summed E-state index contributed by atoms with van der Waals surface area (Å²) in [5.41, 5.74) is 0. The van der Waals surface area contributed by atoms with E-state index in [4.69, 9.17) is 4.74 Å². The summed E-state index contributed by atoms with van der Waals surface area (Å²) in [4.78, 5) is 8.18. The van der Waals surface area contributed by atoms with Crippen LogP contribution in [0.1, 0.15) is 25.7 Å². The maximum atomic E-state index is 5.77. The molecule has 4 nitrogen and oxygen atoms in total. The first-order valence-corrected chi connectivity index (χ1v) is 5.60. The smallest absolute Gasteiger partial charge is 0.316 e. The molecule has 1 aromatic rings. The van der Waals surface area contributed by atoms with E-state index in [0.717, 1.165) is 12.8 Å². The van der Waals surface area contributed by atoms with Crippen LogP contribution in [-0.4, -0.2) is 28.2 Å². The van der Waals surface area contributed by atoms with Gasteiger partial charge in [-0.05, 0) is 31.7 Å². The highest BCUT2D eigenvalue weighted by molar-refractivity contribution is 4.98. The van der Waals surface area contributed by atoms with Crippen LogP contribution in [0.15, 0.2) is 18.5 Å². The maximum absolute atomic E-state index is 5.77. The van der Waals surface area contributed by atoms with Crippen LogP contribution in [0.4, 0.5) is 0 Å². The maximum Gasteiger partial charge on any atom is 0.316 e. The van der Waals surface area contributed by atoms with Crippen molar-refractivity contribution in [3.05, 3.63) is 18.5 Å². The van der Waals surface area contributed by atoms with Crippen molar-refractivity contribution >= 4 is 0 Å². The molecule has 0 aliphatic carbocycles. The standard InChI is InChI=1S/C11H15N3O/c1-4-12-11(13-5-1)15-10-6-8-2-3-9(7-10)14-8/h1,4-5,8-10,14H,2-3,6-7H2/t8-,9+,10?. The summed E-state index contributed by atoms with van der Waals surface area (Å²) in [5, 5.41) is 3.59. The van der Waals surface area contributed by atoms with E-state index in [1.54, 1.807) is 18.5 Å². The van der Waals surface area contributed by atoms with Gasteiger partial charge in [-0.15, -0.1) is 0 Å². The fourth-order valence-electron chi connectivity index (χ4n) is 2.60. The van der Waals surface area contributed by atoms with Gasteiger partial charge < -0.3 is 10.1 Å². The highest BCUT2D eigenvalue weighted by atomic mass is 16.5. The van der Waals surface area contributed by atoms with Crippen LogP contribution < -0.4 is 10.1 Å². The number of hydrogen-bond acceptors (Lipinski definition) is 4. The van der Waals surface area contributed by atoms with Gasteiger partial charge in [0.2, 0.25) is 0 Å². The van der Waals surface area contributed by atoms with Gasteiger partial charge in [-0.25, -0.2) is 9.97 Å². The minimum absolute atomic E-state index is 0.297. The Balaban J connectivity index is 1.65. The third-order valence-electron chi connectivity index (χ3n) is 3.24. The zero-order valence-corrected chi connectivity index (χ0v) is 8.60. The molecular formula is C11H15N3O. The van der Waals surface area contributed by atoms with Crippen molar-refractivity contribution in [2.75, 3.05) is 0 Å². The van der Waals surface area contributed by atoms with Gasteiger partial charge in [0.05, 0.1) is 0 Å². The fraction of sp³-hybridized carbons (Fsp3) is 0.636. The molecule has 2 fully saturated rings. The fourth-order valence-corrected chi connectivity index (χ4v) is 2.60. The topological polar surface area (TPSA) is 47.0 Å². The van der Waals surface area contributed by atoms with Gasteiger partial charge in [0.25, 0.3) is 0 Å². The number of ether oxygens (including phenoxy) is 1. The van der Waals surface area contributed by atoms with E-state index in [1.165, 1.54) is 12.8 Å². The molecule has 0 amide bonds. The van der Waals surface area contributed by atoms with Crippen molar-refractivity contribution in [1.82, 2.24) is 15.3 Å². The minimum Gasteiger partial charge on any atom is -0.460 e. The summed E-state index contributed by atoms with van der Waals surface area (Å²) in [6, 6.07) is 3.62. The van der Waals surface area contributed by atoms with Gasteiger partial charge in [0.1, 0.15) is 6.10 Å². The molecule has 3 rings (SSSR count). The normalized spacial score (nSPS) is 34.0. The third kappa shape index (κ3) is 1.95. The zero-order valence-electron chi connectivity index (χ0n) is 8.60. The number of fused-ring (bicyclic) bond motifs is 2. The highest BCUT2D eigenvalue weighted by Gasteiger charge is 2.34. The lowest BCUT2D eigenvalue weighted by atomic mass is 10.0. The van der Waals surface area contributed by atoms with Crippen molar-refractivity contribution in [2.45, 2.75) is 43.9 Å². The largest absolute Gasteiger partial charge is 0.460 e. The molecule has 1 aromatic heterocycles. The molecule has 2 aliphatic heterocycles. The molecule has 2 aliphatic rings. The van der Waals surface area contributed by atoms with Crippen molar-refractivity contribution in [2.24, 2.45) is 0 Å². The number of hydrogen-bond donors (Lipinski definition) is 1. The average Bonchev–Trinajstić information content (AvgIpc) is 2.60. The summed E-state index contributed by atoms with van der Waals surface area (Å²) in [7, 11) is 0. The van der Waals surface area contributed by atoms with Crippen LogP contribution in [0.25, 0.3) is 0 Å². The first kappa shape index (κ1) is 9.09. The van der Waals surface area contributed by atoms with Gasteiger partial charge >= 0.3 is 6.01 Å². The van der Waals surface area contributed by atoms with Crippen LogP contribution in [0.2, 0.25) is 0 Å². The summed E-state index contributed by atoms with van der Waals surface area (Å²) in [6.45, 7) is 0. The number of rotatable bonds is 2. The van der Waals surface area contributed by atoms with Crippen molar-refractivity contribution < 1.29 is 4.74 Å². The molecule has 1 N–H and O–H groups in total. The summed E-state index contributed by atoms with van der Waals surface area (Å²) >= 11 is 0. The van der Waals surface area contributed by atoms with Gasteiger partial charge in [0, 0.05) is 24.5 Å². The van der Waals surface area contributed by atoms with E-state index in [0.29, 0.717) is 24.2 Å². The molecule has 15 heavy (non-hydrogen) atoms. The van der Waals surface area contributed by atoms with Gasteiger partial charge in [-0.3, -0.25) is 0 Å². The molecule has 3 atom stereocenters. The SMILES string of the molecule is c1cnc(OC2C[C@H]3CC[C@@H](C2)N3)nc1. The minimum atomic E-state index is 0.297. The van der Waals surface area contributed by atoms with Gasteiger partial charge in [-0.2, -0.15) is 0 Å². The lowest BCUT2D eigenvalue weighted by Gasteiger charge is -2.28. The Morgan fingerprint density at radius 3 is 2.47 bits per heavy atom. The van der Waals surface area contributed by atoms with E-state index in [2.05, 4.69) is 15.3 Å². The molecule has 0 saturated carbocycles. The molecular weight excluding hydrogens is 190 g/mol. The van der Waals surface area contributed by atoms with Gasteiger partial charge in [-0.1, -0.05) is 0 Å². The highest BCUT2D eigenvalue weighted by Crippen LogP contribution is 2.28. The molecule has 3 heterocycles. The molecule has 2 bridgehead atoms. The molecule has 2 saturated heterocycles. The molecule has 0 radical (unpaired) electrons. The Kier molecular flexibility index (Phi) is 2.29. The number of piperidine rings is 1.